The lowest BCUT2D eigenvalue weighted by Gasteiger charge is -2.15. The van der Waals surface area contributed by atoms with E-state index in [0.717, 1.165) is 29.5 Å². The standard InChI is InChI=1S/C23H25NO3/c1-3-5-13-22(25)21(23(26)27-4-2)15-17-9-8-11-18(14-17)20-12-7-6-10-19(20)16-24/h6-12,14,21H,3-5,13,15H2,1-2H3. The van der Waals surface area contributed by atoms with Gasteiger partial charge in [-0.1, -0.05) is 55.8 Å². The number of esters is 1. The molecule has 2 rings (SSSR count). The Labute approximate surface area is 160 Å². The van der Waals surface area contributed by atoms with E-state index in [1.54, 1.807) is 13.0 Å². The summed E-state index contributed by atoms with van der Waals surface area (Å²) in [7, 11) is 0. The maximum Gasteiger partial charge on any atom is 0.316 e. The number of Topliss-reactive ketones (excluding diaryl/α,β-unsaturated/α-hetero) is 1. The van der Waals surface area contributed by atoms with Crippen LogP contribution >= 0.6 is 0 Å². The van der Waals surface area contributed by atoms with Crippen molar-refractivity contribution in [3.05, 3.63) is 59.7 Å². The topological polar surface area (TPSA) is 67.2 Å². The van der Waals surface area contributed by atoms with E-state index in [4.69, 9.17) is 4.74 Å². The first-order chi connectivity index (χ1) is 13.1. The molecule has 0 aliphatic carbocycles. The van der Waals surface area contributed by atoms with Gasteiger partial charge in [0.05, 0.1) is 18.2 Å². The van der Waals surface area contributed by atoms with Gasteiger partial charge in [0.2, 0.25) is 0 Å². The Kier molecular flexibility index (Phi) is 7.76. The molecule has 0 heterocycles. The fraction of sp³-hybridized carbons (Fsp3) is 0.348. The summed E-state index contributed by atoms with van der Waals surface area (Å²) in [6, 6.07) is 17.2. The minimum atomic E-state index is -0.780. The minimum absolute atomic E-state index is 0.0712. The highest BCUT2D eigenvalue weighted by Crippen LogP contribution is 2.25. The third-order valence-electron chi connectivity index (χ3n) is 4.46. The van der Waals surface area contributed by atoms with Crippen LogP contribution in [0.1, 0.15) is 44.2 Å². The molecule has 0 aliphatic rings. The maximum atomic E-state index is 12.5. The molecule has 4 heteroatoms. The molecule has 0 aliphatic heterocycles. The van der Waals surface area contributed by atoms with Gasteiger partial charge in [0.1, 0.15) is 11.7 Å². The number of carbonyl (C=O) groups is 2. The van der Waals surface area contributed by atoms with E-state index in [-0.39, 0.29) is 12.4 Å². The Morgan fingerprint density at radius 1 is 1.11 bits per heavy atom. The highest BCUT2D eigenvalue weighted by Gasteiger charge is 2.27. The van der Waals surface area contributed by atoms with Crippen molar-refractivity contribution in [3.63, 3.8) is 0 Å². The quantitative estimate of drug-likeness (QED) is 0.478. The predicted molar refractivity (Wildman–Crippen MR) is 105 cm³/mol. The number of hydrogen-bond donors (Lipinski definition) is 0. The molecule has 2 aromatic carbocycles. The summed E-state index contributed by atoms with van der Waals surface area (Å²) in [4.78, 5) is 24.9. The highest BCUT2D eigenvalue weighted by molar-refractivity contribution is 5.99. The second kappa shape index (κ2) is 10.3. The van der Waals surface area contributed by atoms with E-state index in [1.807, 2.05) is 49.4 Å². The van der Waals surface area contributed by atoms with Crippen molar-refractivity contribution < 1.29 is 14.3 Å². The number of benzene rings is 2. The van der Waals surface area contributed by atoms with Crippen LogP contribution in [0.2, 0.25) is 0 Å². The number of ketones is 1. The number of unbranched alkanes of at least 4 members (excludes halogenated alkanes) is 1. The molecule has 0 radical (unpaired) electrons. The van der Waals surface area contributed by atoms with Crippen LogP contribution in [-0.2, 0) is 20.7 Å². The minimum Gasteiger partial charge on any atom is -0.465 e. The van der Waals surface area contributed by atoms with Crippen molar-refractivity contribution in [3.8, 4) is 17.2 Å². The molecule has 0 aromatic heterocycles. The van der Waals surface area contributed by atoms with Gasteiger partial charge in [-0.2, -0.15) is 5.26 Å². The van der Waals surface area contributed by atoms with E-state index in [9.17, 15) is 14.9 Å². The van der Waals surface area contributed by atoms with E-state index >= 15 is 0 Å². The Bertz CT molecular complexity index is 836. The summed E-state index contributed by atoms with van der Waals surface area (Å²) in [5.41, 5.74) is 3.21. The summed E-state index contributed by atoms with van der Waals surface area (Å²) in [5.74, 6) is -1.31. The molecule has 27 heavy (non-hydrogen) atoms. The smallest absolute Gasteiger partial charge is 0.316 e. The van der Waals surface area contributed by atoms with Crippen LogP contribution in [0.5, 0.6) is 0 Å². The summed E-state index contributed by atoms with van der Waals surface area (Å²) in [5, 5.41) is 9.33. The maximum absolute atomic E-state index is 12.5. The zero-order valence-corrected chi connectivity index (χ0v) is 15.9. The van der Waals surface area contributed by atoms with Gasteiger partial charge in [0.25, 0.3) is 0 Å². The van der Waals surface area contributed by atoms with Gasteiger partial charge in [0, 0.05) is 6.42 Å². The fourth-order valence-corrected chi connectivity index (χ4v) is 3.03. The van der Waals surface area contributed by atoms with Gasteiger partial charge in [-0.05, 0) is 42.5 Å². The first-order valence-corrected chi connectivity index (χ1v) is 9.38. The van der Waals surface area contributed by atoms with Crippen molar-refractivity contribution >= 4 is 11.8 Å². The van der Waals surface area contributed by atoms with E-state index in [1.165, 1.54) is 0 Å². The van der Waals surface area contributed by atoms with Crippen LogP contribution in [-0.4, -0.2) is 18.4 Å². The first-order valence-electron chi connectivity index (χ1n) is 9.38. The van der Waals surface area contributed by atoms with Gasteiger partial charge in [0.15, 0.2) is 0 Å². The molecule has 1 atom stereocenters. The monoisotopic (exact) mass is 363 g/mol. The molecule has 140 valence electrons. The lowest BCUT2D eigenvalue weighted by Crippen LogP contribution is -2.28. The predicted octanol–water partition coefficient (Wildman–Crippen LogP) is 4.71. The molecular weight excluding hydrogens is 338 g/mol. The van der Waals surface area contributed by atoms with Crippen LogP contribution in [0.15, 0.2) is 48.5 Å². The van der Waals surface area contributed by atoms with Crippen LogP contribution in [0.3, 0.4) is 0 Å². The molecule has 0 fully saturated rings. The zero-order valence-electron chi connectivity index (χ0n) is 15.9. The second-order valence-electron chi connectivity index (χ2n) is 6.44. The van der Waals surface area contributed by atoms with E-state index in [2.05, 4.69) is 6.07 Å². The first kappa shape index (κ1) is 20.4. The molecule has 4 nitrogen and oxygen atoms in total. The molecule has 0 saturated heterocycles. The molecule has 0 N–H and O–H groups in total. The molecule has 2 aromatic rings. The number of rotatable bonds is 9. The molecule has 1 unspecified atom stereocenters. The molecule has 0 spiro atoms. The third-order valence-corrected chi connectivity index (χ3v) is 4.46. The largest absolute Gasteiger partial charge is 0.465 e. The Hall–Kier alpha value is -2.93. The Morgan fingerprint density at radius 2 is 1.89 bits per heavy atom. The summed E-state index contributed by atoms with van der Waals surface area (Å²) < 4.78 is 5.13. The van der Waals surface area contributed by atoms with Crippen LogP contribution in [0.4, 0.5) is 0 Å². The average molecular weight is 363 g/mol. The van der Waals surface area contributed by atoms with Crippen molar-refractivity contribution in [1.29, 1.82) is 5.26 Å². The van der Waals surface area contributed by atoms with Crippen LogP contribution < -0.4 is 0 Å². The summed E-state index contributed by atoms with van der Waals surface area (Å²) >= 11 is 0. The molecular formula is C23H25NO3. The lowest BCUT2D eigenvalue weighted by molar-refractivity contribution is -0.151. The second-order valence-corrected chi connectivity index (χ2v) is 6.44. The number of hydrogen-bond acceptors (Lipinski definition) is 4. The number of nitriles is 1. The number of nitrogens with zero attached hydrogens (tertiary/aromatic N) is 1. The lowest BCUT2D eigenvalue weighted by atomic mass is 9.90. The van der Waals surface area contributed by atoms with Gasteiger partial charge in [-0.15, -0.1) is 0 Å². The Balaban J connectivity index is 2.29. The highest BCUT2D eigenvalue weighted by atomic mass is 16.5. The number of carbonyl (C=O) groups excluding carboxylic acids is 2. The molecule has 0 bridgehead atoms. The van der Waals surface area contributed by atoms with E-state index in [0.29, 0.717) is 18.4 Å². The summed E-state index contributed by atoms with van der Waals surface area (Å²) in [6.45, 7) is 4.01. The van der Waals surface area contributed by atoms with Gasteiger partial charge < -0.3 is 4.74 Å². The number of ether oxygens (including phenoxy) is 1. The Morgan fingerprint density at radius 3 is 2.59 bits per heavy atom. The molecule has 0 amide bonds. The van der Waals surface area contributed by atoms with Crippen molar-refractivity contribution in [2.45, 2.75) is 39.5 Å². The third kappa shape index (κ3) is 5.52. The van der Waals surface area contributed by atoms with Gasteiger partial charge in [-0.25, -0.2) is 0 Å². The summed E-state index contributed by atoms with van der Waals surface area (Å²) in [6.07, 6.45) is 2.37. The van der Waals surface area contributed by atoms with Gasteiger partial charge >= 0.3 is 5.97 Å². The van der Waals surface area contributed by atoms with Crippen LogP contribution in [0.25, 0.3) is 11.1 Å². The van der Waals surface area contributed by atoms with E-state index < -0.39 is 11.9 Å². The normalized spacial score (nSPS) is 11.4. The van der Waals surface area contributed by atoms with Crippen LogP contribution in [0, 0.1) is 17.2 Å². The zero-order chi connectivity index (χ0) is 19.6. The van der Waals surface area contributed by atoms with Crippen molar-refractivity contribution in [2.75, 3.05) is 6.61 Å². The van der Waals surface area contributed by atoms with Crippen molar-refractivity contribution in [2.24, 2.45) is 5.92 Å². The van der Waals surface area contributed by atoms with Gasteiger partial charge in [-0.3, -0.25) is 9.59 Å². The average Bonchev–Trinajstić information content (AvgIpc) is 2.70. The fourth-order valence-electron chi connectivity index (χ4n) is 3.03. The SMILES string of the molecule is CCCCC(=O)C(Cc1cccc(-c2ccccc2C#N)c1)C(=O)OCC. The van der Waals surface area contributed by atoms with Crippen molar-refractivity contribution in [1.82, 2.24) is 0 Å². The molecule has 0 saturated carbocycles.